The largest absolute Gasteiger partial charge is 0.497 e. The van der Waals surface area contributed by atoms with Gasteiger partial charge < -0.3 is 13.9 Å². The van der Waals surface area contributed by atoms with Crippen LogP contribution in [0.15, 0.2) is 97.3 Å². The Morgan fingerprint density at radius 2 is 1.42 bits per heavy atom. The minimum absolute atomic E-state index is 0.514. The third kappa shape index (κ3) is 7.61. The third-order valence-electron chi connectivity index (χ3n) is 9.48. The number of fused-ring (bicyclic) bond motifs is 2. The Balaban J connectivity index is 1.17. The van der Waals surface area contributed by atoms with Crippen molar-refractivity contribution in [1.29, 1.82) is 0 Å². The number of hydrogen-bond donors (Lipinski definition) is 1. The van der Waals surface area contributed by atoms with Gasteiger partial charge in [-0.15, -0.1) is 0 Å². The molecule has 2 aromatic heterocycles. The number of rotatable bonds is 11. The molecule has 0 saturated heterocycles. The first-order chi connectivity index (χ1) is 24.9. The number of aryl methyl sites for hydroxylation is 3. The van der Waals surface area contributed by atoms with Crippen molar-refractivity contribution in [3.63, 3.8) is 0 Å². The molecule has 7 rings (SSSR count). The van der Waals surface area contributed by atoms with E-state index in [0.717, 1.165) is 61.5 Å². The summed E-state index contributed by atoms with van der Waals surface area (Å²) in [5, 5.41) is 0.712. The number of anilines is 1. The van der Waals surface area contributed by atoms with Crippen LogP contribution in [0.1, 0.15) is 50.3 Å². The molecule has 0 aliphatic heterocycles. The summed E-state index contributed by atoms with van der Waals surface area (Å²) in [5.74, 6) is 1.66. The molecule has 10 heteroatoms. The van der Waals surface area contributed by atoms with Crippen molar-refractivity contribution in [3.8, 4) is 5.75 Å². The van der Waals surface area contributed by atoms with E-state index in [2.05, 4.69) is 77.8 Å². The number of halogens is 1. The maximum absolute atomic E-state index is 12.6. The van der Waals surface area contributed by atoms with E-state index in [1.54, 1.807) is 13.4 Å². The SMILES string of the molecule is COc1ccc(Cn2cnc3c(NS(C)(=O)=O)c(Cc4ccc(C=Cc5nc6cc(C)c(C)cc6n5Cc5ccc(Cl)cc5)cc4)c(C)cc32)cc1. The van der Waals surface area contributed by atoms with Gasteiger partial charge in [-0.25, -0.2) is 18.4 Å². The predicted molar refractivity (Wildman–Crippen MR) is 213 cm³/mol. The second-order valence-corrected chi connectivity index (χ2v) is 15.6. The molecule has 0 aliphatic rings. The molecule has 0 radical (unpaired) electrons. The average molecular weight is 730 g/mol. The molecule has 0 spiro atoms. The summed E-state index contributed by atoms with van der Waals surface area (Å²) in [7, 11) is -1.93. The lowest BCUT2D eigenvalue weighted by molar-refractivity contribution is 0.414. The number of nitrogens with zero attached hydrogens (tertiary/aromatic N) is 4. The standard InChI is InChI=1S/C42H40ClN5O3S/c1-27-20-37-38(21-28(27)2)48(25-33-10-15-34(43)16-11-33)40(45-37)19-14-30-6-8-31(9-7-30)23-36-29(3)22-39-42(41(36)46-52(5,49)50)44-26-47(39)24-32-12-17-35(51-4)18-13-32/h6-22,26,46H,23-25H2,1-5H3. The molecule has 0 bridgehead atoms. The Labute approximate surface area is 309 Å². The van der Waals surface area contributed by atoms with E-state index in [9.17, 15) is 8.42 Å². The molecule has 0 amide bonds. The summed E-state index contributed by atoms with van der Waals surface area (Å²) in [5.41, 5.74) is 12.6. The van der Waals surface area contributed by atoms with Gasteiger partial charge in [-0.05, 0) is 120 Å². The van der Waals surface area contributed by atoms with E-state index in [-0.39, 0.29) is 0 Å². The number of sulfonamides is 1. The summed E-state index contributed by atoms with van der Waals surface area (Å²) in [6, 6.07) is 30.6. The van der Waals surface area contributed by atoms with Gasteiger partial charge in [0.1, 0.15) is 17.1 Å². The van der Waals surface area contributed by atoms with Gasteiger partial charge in [-0.1, -0.05) is 66.2 Å². The van der Waals surface area contributed by atoms with Gasteiger partial charge in [0.15, 0.2) is 0 Å². The smallest absolute Gasteiger partial charge is 0.229 e. The van der Waals surface area contributed by atoms with Crippen molar-refractivity contribution in [2.24, 2.45) is 0 Å². The Hall–Kier alpha value is -5.38. The highest BCUT2D eigenvalue weighted by atomic mass is 35.5. The Bertz CT molecular complexity index is 2550. The fraction of sp³-hybridized carbons (Fsp3) is 0.190. The number of nitrogens with one attached hydrogen (secondary N) is 1. The Morgan fingerprint density at radius 1 is 0.788 bits per heavy atom. The molecule has 0 saturated carbocycles. The van der Waals surface area contributed by atoms with Crippen LogP contribution in [0.25, 0.3) is 34.2 Å². The van der Waals surface area contributed by atoms with E-state index < -0.39 is 10.0 Å². The van der Waals surface area contributed by atoms with Gasteiger partial charge in [-0.2, -0.15) is 0 Å². The number of hydrogen-bond acceptors (Lipinski definition) is 5. The molecule has 52 heavy (non-hydrogen) atoms. The number of benzene rings is 5. The second-order valence-electron chi connectivity index (χ2n) is 13.4. The number of ether oxygens (including phenoxy) is 1. The maximum atomic E-state index is 12.6. The third-order valence-corrected chi connectivity index (χ3v) is 10.3. The zero-order chi connectivity index (χ0) is 36.6. The summed E-state index contributed by atoms with van der Waals surface area (Å²) in [4.78, 5) is 9.70. The summed E-state index contributed by atoms with van der Waals surface area (Å²) in [6.45, 7) is 7.51. The van der Waals surface area contributed by atoms with Crippen LogP contribution >= 0.6 is 11.6 Å². The van der Waals surface area contributed by atoms with Crippen molar-refractivity contribution in [1.82, 2.24) is 19.1 Å². The topological polar surface area (TPSA) is 91.0 Å². The van der Waals surface area contributed by atoms with Crippen molar-refractivity contribution in [3.05, 3.63) is 153 Å². The van der Waals surface area contributed by atoms with Crippen molar-refractivity contribution < 1.29 is 13.2 Å². The predicted octanol–water partition coefficient (Wildman–Crippen LogP) is 9.20. The molecule has 0 atom stereocenters. The summed E-state index contributed by atoms with van der Waals surface area (Å²) in [6.07, 6.45) is 7.60. The molecular weight excluding hydrogens is 690 g/mol. The lowest BCUT2D eigenvalue weighted by atomic mass is 9.97. The highest BCUT2D eigenvalue weighted by Crippen LogP contribution is 2.33. The van der Waals surface area contributed by atoms with Crippen LogP contribution in [0, 0.1) is 20.8 Å². The highest BCUT2D eigenvalue weighted by Gasteiger charge is 2.19. The van der Waals surface area contributed by atoms with Gasteiger partial charge in [0.25, 0.3) is 0 Å². The first kappa shape index (κ1) is 35.0. The Kier molecular flexibility index (Phi) is 9.65. The van der Waals surface area contributed by atoms with E-state index >= 15 is 0 Å². The van der Waals surface area contributed by atoms with Crippen LogP contribution in [0.2, 0.25) is 5.02 Å². The quantitative estimate of drug-likeness (QED) is 0.143. The van der Waals surface area contributed by atoms with Gasteiger partial charge >= 0.3 is 0 Å². The second kappa shape index (κ2) is 14.3. The van der Waals surface area contributed by atoms with Crippen LogP contribution in [-0.2, 0) is 29.5 Å². The first-order valence-corrected chi connectivity index (χ1v) is 19.3. The van der Waals surface area contributed by atoms with Crippen molar-refractivity contribution >= 4 is 61.5 Å². The molecular formula is C42H40ClN5O3S. The summed E-state index contributed by atoms with van der Waals surface area (Å²) < 4.78 is 37.6. The van der Waals surface area contributed by atoms with E-state index in [1.807, 2.05) is 60.0 Å². The zero-order valence-electron chi connectivity index (χ0n) is 29.8. The fourth-order valence-electron chi connectivity index (χ4n) is 6.53. The zero-order valence-corrected chi connectivity index (χ0v) is 31.4. The summed E-state index contributed by atoms with van der Waals surface area (Å²) >= 11 is 6.16. The van der Waals surface area contributed by atoms with E-state index in [1.165, 1.54) is 17.4 Å². The van der Waals surface area contributed by atoms with Crippen LogP contribution in [-0.4, -0.2) is 40.9 Å². The highest BCUT2D eigenvalue weighted by molar-refractivity contribution is 7.92. The molecule has 2 heterocycles. The lowest BCUT2D eigenvalue weighted by Gasteiger charge is -2.16. The van der Waals surface area contributed by atoms with Gasteiger partial charge in [-0.3, -0.25) is 4.72 Å². The lowest BCUT2D eigenvalue weighted by Crippen LogP contribution is -2.13. The van der Waals surface area contributed by atoms with E-state index in [0.29, 0.717) is 35.7 Å². The van der Waals surface area contributed by atoms with Crippen LogP contribution in [0.3, 0.4) is 0 Å². The molecule has 264 valence electrons. The number of imidazole rings is 2. The van der Waals surface area contributed by atoms with Gasteiger partial charge in [0, 0.05) is 18.1 Å². The van der Waals surface area contributed by atoms with E-state index in [4.69, 9.17) is 26.3 Å². The van der Waals surface area contributed by atoms with Crippen LogP contribution < -0.4 is 9.46 Å². The average Bonchev–Trinajstić information content (AvgIpc) is 3.66. The minimum atomic E-state index is -3.57. The molecule has 8 nitrogen and oxygen atoms in total. The van der Waals surface area contributed by atoms with Gasteiger partial charge in [0.2, 0.25) is 10.0 Å². The molecule has 1 N–H and O–H groups in total. The Morgan fingerprint density at radius 3 is 2.12 bits per heavy atom. The van der Waals surface area contributed by atoms with Crippen LogP contribution in [0.5, 0.6) is 5.75 Å². The molecule has 5 aromatic carbocycles. The maximum Gasteiger partial charge on any atom is 0.229 e. The fourth-order valence-corrected chi connectivity index (χ4v) is 7.25. The van der Waals surface area contributed by atoms with Crippen LogP contribution in [0.4, 0.5) is 5.69 Å². The number of methoxy groups -OCH3 is 1. The molecule has 7 aromatic rings. The monoisotopic (exact) mass is 729 g/mol. The molecule has 0 unspecified atom stereocenters. The van der Waals surface area contributed by atoms with Crippen molar-refractivity contribution in [2.75, 3.05) is 18.1 Å². The number of aromatic nitrogens is 4. The minimum Gasteiger partial charge on any atom is -0.497 e. The molecule has 0 aliphatic carbocycles. The molecule has 0 fully saturated rings. The normalized spacial score (nSPS) is 12.0. The van der Waals surface area contributed by atoms with Crippen molar-refractivity contribution in [2.45, 2.75) is 40.3 Å². The van der Waals surface area contributed by atoms with Gasteiger partial charge in [0.05, 0.1) is 41.9 Å². The first-order valence-electron chi connectivity index (χ1n) is 17.0.